The van der Waals surface area contributed by atoms with Crippen LogP contribution in [0, 0.1) is 0 Å². The van der Waals surface area contributed by atoms with Crippen molar-refractivity contribution in [1.82, 2.24) is 15.3 Å². The van der Waals surface area contributed by atoms with Gasteiger partial charge in [-0.1, -0.05) is 35.5 Å². The first-order chi connectivity index (χ1) is 17.6. The van der Waals surface area contributed by atoms with Gasteiger partial charge in [0.1, 0.15) is 16.9 Å². The predicted octanol–water partition coefficient (Wildman–Crippen LogP) is 1.84. The molecule has 1 saturated heterocycles. The van der Waals surface area contributed by atoms with Crippen LogP contribution in [-0.4, -0.2) is 49.5 Å². The Morgan fingerprint density at radius 3 is 2.68 bits per heavy atom. The highest BCUT2D eigenvalue weighted by Crippen LogP contribution is 2.36. The summed E-state index contributed by atoms with van der Waals surface area (Å²) >= 11 is 6.89. The number of thioether (sulfide) groups is 1. The van der Waals surface area contributed by atoms with E-state index in [1.807, 2.05) is 4.98 Å². The van der Waals surface area contributed by atoms with Crippen LogP contribution in [0.1, 0.15) is 23.6 Å². The number of nitrogens with one attached hydrogen (secondary N) is 4. The van der Waals surface area contributed by atoms with Gasteiger partial charge in [0.25, 0.3) is 5.56 Å². The van der Waals surface area contributed by atoms with Gasteiger partial charge in [-0.3, -0.25) is 24.4 Å². The first-order valence-electron chi connectivity index (χ1n) is 10.7. The Balaban J connectivity index is 1.63. The van der Waals surface area contributed by atoms with E-state index in [2.05, 4.69) is 20.6 Å². The molecule has 4 rings (SSSR count). The summed E-state index contributed by atoms with van der Waals surface area (Å²) in [5.74, 6) is -1.73. The summed E-state index contributed by atoms with van der Waals surface area (Å²) in [4.78, 5) is 57.8. The van der Waals surface area contributed by atoms with Crippen molar-refractivity contribution < 1.29 is 24.5 Å². The van der Waals surface area contributed by atoms with E-state index in [0.29, 0.717) is 16.3 Å². The van der Waals surface area contributed by atoms with Gasteiger partial charge >= 0.3 is 5.69 Å². The quantitative estimate of drug-likeness (QED) is 0.259. The van der Waals surface area contributed by atoms with Crippen LogP contribution in [0.2, 0.25) is 5.02 Å². The molecule has 1 fully saturated rings. The number of halogens is 1. The smallest absolute Gasteiger partial charge is 0.328 e. The van der Waals surface area contributed by atoms with Crippen LogP contribution < -0.4 is 26.6 Å². The van der Waals surface area contributed by atoms with E-state index in [0.717, 1.165) is 11.8 Å². The molecule has 6 N–H and O–H groups in total. The minimum Gasteiger partial charge on any atom is -0.504 e. The van der Waals surface area contributed by atoms with Crippen LogP contribution in [0.3, 0.4) is 0 Å². The van der Waals surface area contributed by atoms with Gasteiger partial charge in [-0.05, 0) is 35.9 Å². The number of rotatable bonds is 7. The third-order valence-corrected chi connectivity index (χ3v) is 6.58. The number of methoxy groups -OCH3 is 1. The number of phenols is 1. The Morgan fingerprint density at radius 1 is 1.19 bits per heavy atom. The van der Waals surface area contributed by atoms with Crippen LogP contribution >= 0.6 is 23.4 Å². The van der Waals surface area contributed by atoms with E-state index in [-0.39, 0.29) is 28.7 Å². The number of hydrogen-bond acceptors (Lipinski definition) is 9. The van der Waals surface area contributed by atoms with Gasteiger partial charge in [0.05, 0.1) is 7.11 Å². The van der Waals surface area contributed by atoms with E-state index in [1.54, 1.807) is 24.3 Å². The fourth-order valence-electron chi connectivity index (χ4n) is 3.57. The Morgan fingerprint density at radius 2 is 1.97 bits per heavy atom. The van der Waals surface area contributed by atoms with E-state index < -0.39 is 40.2 Å². The molecule has 0 radical (unpaired) electrons. The van der Waals surface area contributed by atoms with Gasteiger partial charge in [0, 0.05) is 17.1 Å². The maximum absolute atomic E-state index is 12.6. The molecule has 0 saturated carbocycles. The number of H-pyrrole nitrogens is 2. The molecule has 0 spiro atoms. The fourth-order valence-corrected chi connectivity index (χ4v) is 4.76. The number of benzene rings is 2. The van der Waals surface area contributed by atoms with E-state index >= 15 is 0 Å². The van der Waals surface area contributed by atoms with Crippen molar-refractivity contribution in [2.24, 2.45) is 4.99 Å². The summed E-state index contributed by atoms with van der Waals surface area (Å²) in [5.41, 5.74) is -1.36. The number of nitrogens with zero attached hydrogens (tertiary/aromatic N) is 1. The lowest BCUT2D eigenvalue weighted by molar-refractivity contribution is -0.122. The van der Waals surface area contributed by atoms with Crippen LogP contribution in [0.15, 0.2) is 57.0 Å². The summed E-state index contributed by atoms with van der Waals surface area (Å²) in [7, 11) is 1.33. The summed E-state index contributed by atoms with van der Waals surface area (Å²) in [6, 6.07) is 9.47. The number of anilines is 1. The second-order valence-corrected chi connectivity index (χ2v) is 9.42. The number of aromatic hydroxyl groups is 2. The number of carbonyl (C=O) groups is 2. The lowest BCUT2D eigenvalue weighted by atomic mass is 10.0. The third kappa shape index (κ3) is 5.95. The zero-order valence-corrected chi connectivity index (χ0v) is 20.6. The maximum Gasteiger partial charge on any atom is 0.328 e. The van der Waals surface area contributed by atoms with Crippen LogP contribution in [0.5, 0.6) is 17.4 Å². The molecule has 3 aromatic rings. The summed E-state index contributed by atoms with van der Waals surface area (Å²) in [5, 5.41) is 25.3. The second kappa shape index (κ2) is 10.8. The molecule has 12 nitrogen and oxygen atoms in total. The summed E-state index contributed by atoms with van der Waals surface area (Å²) in [6.45, 7) is 0. The van der Waals surface area contributed by atoms with Gasteiger partial charge in [-0.2, -0.15) is 0 Å². The SMILES string of the molecule is COc1cc(C(N=C2NC(=O)C(CC(=O)Nc3cccc(Cl)c3)S2)c2c(O)[nH]c(=O)[nH]c2=O)ccc1O. The van der Waals surface area contributed by atoms with Gasteiger partial charge < -0.3 is 25.6 Å². The van der Waals surface area contributed by atoms with Crippen molar-refractivity contribution in [2.75, 3.05) is 12.4 Å². The molecule has 2 atom stereocenters. The topological polar surface area (TPSA) is 186 Å². The number of phenolic OH excluding ortho intramolecular Hbond substituents is 1. The molecule has 37 heavy (non-hydrogen) atoms. The number of carbonyl (C=O) groups excluding carboxylic acids is 2. The average Bonchev–Trinajstić information content (AvgIpc) is 3.16. The minimum atomic E-state index is -1.23. The van der Waals surface area contributed by atoms with Crippen molar-refractivity contribution in [2.45, 2.75) is 17.7 Å². The Kier molecular flexibility index (Phi) is 7.55. The number of amidine groups is 1. The normalized spacial score (nSPS) is 16.9. The number of aromatic nitrogens is 2. The van der Waals surface area contributed by atoms with Crippen LogP contribution in [0.4, 0.5) is 5.69 Å². The minimum absolute atomic E-state index is 0.0710. The molecule has 1 aromatic heterocycles. The van der Waals surface area contributed by atoms with Gasteiger partial charge in [-0.25, -0.2) is 9.79 Å². The average molecular weight is 546 g/mol. The van der Waals surface area contributed by atoms with Crippen molar-refractivity contribution >= 4 is 46.0 Å². The molecule has 0 bridgehead atoms. The highest BCUT2D eigenvalue weighted by atomic mass is 35.5. The first-order valence-corrected chi connectivity index (χ1v) is 11.9. The van der Waals surface area contributed by atoms with Gasteiger partial charge in [-0.15, -0.1) is 0 Å². The molecule has 2 unspecified atom stereocenters. The largest absolute Gasteiger partial charge is 0.504 e. The number of ether oxygens (including phenoxy) is 1. The third-order valence-electron chi connectivity index (χ3n) is 5.25. The van der Waals surface area contributed by atoms with Crippen molar-refractivity contribution in [3.05, 3.63) is 79.5 Å². The van der Waals surface area contributed by atoms with Crippen molar-refractivity contribution in [1.29, 1.82) is 0 Å². The summed E-state index contributed by atoms with van der Waals surface area (Å²) < 4.78 is 5.12. The number of hydrogen-bond donors (Lipinski definition) is 6. The standard InChI is InChI=1S/C23H20ClN5O7S/c1-36-14-7-10(5-6-13(14)30)18(17-20(33)27-22(35)28-21(17)34)26-23-29-19(32)15(37-23)9-16(31)25-12-4-2-3-11(24)8-12/h2-8,15,18,30H,9H2,1H3,(H,25,31)(H,26,29,32)(H3,27,28,33,34,35). The van der Waals surface area contributed by atoms with E-state index in [4.69, 9.17) is 16.3 Å². The maximum atomic E-state index is 12.6. The van der Waals surface area contributed by atoms with E-state index in [1.165, 1.54) is 25.3 Å². The Bertz CT molecular complexity index is 1520. The lowest BCUT2D eigenvalue weighted by Gasteiger charge is -2.16. The zero-order valence-electron chi connectivity index (χ0n) is 19.1. The number of aromatic amines is 2. The molecule has 2 aromatic carbocycles. The number of aliphatic imine (C=N–C) groups is 1. The molecule has 1 aliphatic heterocycles. The molecular weight excluding hydrogens is 526 g/mol. The lowest BCUT2D eigenvalue weighted by Crippen LogP contribution is -2.29. The number of amides is 2. The molecule has 192 valence electrons. The van der Waals surface area contributed by atoms with Gasteiger partial charge in [0.2, 0.25) is 17.7 Å². The predicted molar refractivity (Wildman–Crippen MR) is 138 cm³/mol. The molecular formula is C23H20ClN5O7S. The van der Waals surface area contributed by atoms with Crippen LogP contribution in [0.25, 0.3) is 0 Å². The van der Waals surface area contributed by atoms with Gasteiger partial charge in [0.15, 0.2) is 16.7 Å². The monoisotopic (exact) mass is 545 g/mol. The molecule has 1 aliphatic rings. The van der Waals surface area contributed by atoms with Crippen LogP contribution in [-0.2, 0) is 9.59 Å². The fraction of sp³-hybridized carbons (Fsp3) is 0.174. The first kappa shape index (κ1) is 25.9. The van der Waals surface area contributed by atoms with Crippen molar-refractivity contribution in [3.63, 3.8) is 0 Å². The van der Waals surface area contributed by atoms with E-state index in [9.17, 15) is 29.4 Å². The molecule has 14 heteroatoms. The Hall–Kier alpha value is -4.23. The summed E-state index contributed by atoms with van der Waals surface area (Å²) in [6.07, 6.45) is -0.176. The highest BCUT2D eigenvalue weighted by molar-refractivity contribution is 8.15. The Labute approximate surface area is 217 Å². The second-order valence-electron chi connectivity index (χ2n) is 7.80. The van der Waals surface area contributed by atoms with Crippen molar-refractivity contribution in [3.8, 4) is 17.4 Å². The molecule has 2 amide bonds. The molecule has 0 aliphatic carbocycles. The zero-order chi connectivity index (χ0) is 26.7. The molecule has 2 heterocycles. The highest BCUT2D eigenvalue weighted by Gasteiger charge is 2.34.